The first-order chi connectivity index (χ1) is 6.75. The van der Waals surface area contributed by atoms with E-state index in [-0.39, 0.29) is 11.7 Å². The third-order valence-electron chi connectivity index (χ3n) is 1.59. The second-order valence-electron chi connectivity index (χ2n) is 2.66. The Balaban J connectivity index is 2.09. The van der Waals surface area contributed by atoms with Crippen molar-refractivity contribution in [1.29, 1.82) is 0 Å². The topological polar surface area (TPSA) is 88.5 Å². The average molecular weight is 192 g/mol. The number of carbonyl (C=O) groups excluding carboxylic acids is 1. The van der Waals surface area contributed by atoms with Crippen LogP contribution < -0.4 is 5.32 Å². The fourth-order valence-electron chi connectivity index (χ4n) is 0.972. The van der Waals surface area contributed by atoms with Crippen LogP contribution >= 0.6 is 0 Å². The van der Waals surface area contributed by atoms with Gasteiger partial charge in [-0.25, -0.2) is 4.98 Å². The predicted octanol–water partition coefficient (Wildman–Crippen LogP) is -0.210. The number of nitrogens with one attached hydrogen (secondary N) is 2. The highest BCUT2D eigenvalue weighted by Crippen LogP contribution is 2.02. The van der Waals surface area contributed by atoms with Crippen LogP contribution in [0, 0.1) is 0 Å². The van der Waals surface area contributed by atoms with Gasteiger partial charge in [-0.3, -0.25) is 14.6 Å². The SMILES string of the molecule is Cn1ccc(NC(=O)c2ncn[nH]2)n1. The fourth-order valence-corrected chi connectivity index (χ4v) is 0.972. The van der Waals surface area contributed by atoms with E-state index in [1.807, 2.05) is 0 Å². The van der Waals surface area contributed by atoms with Gasteiger partial charge in [-0.15, -0.1) is 0 Å². The Kier molecular flexibility index (Phi) is 1.98. The molecule has 0 bridgehead atoms. The van der Waals surface area contributed by atoms with E-state index >= 15 is 0 Å². The molecule has 72 valence electrons. The molecule has 0 aliphatic rings. The monoisotopic (exact) mass is 192 g/mol. The number of nitrogens with zero attached hydrogens (tertiary/aromatic N) is 4. The van der Waals surface area contributed by atoms with E-state index in [1.165, 1.54) is 6.33 Å². The summed E-state index contributed by atoms with van der Waals surface area (Å²) in [5.74, 6) is 0.283. The van der Waals surface area contributed by atoms with Crippen LogP contribution in [0.1, 0.15) is 10.6 Å². The number of carbonyl (C=O) groups is 1. The molecule has 2 heterocycles. The second kappa shape index (κ2) is 3.29. The Morgan fingerprint density at radius 3 is 3.07 bits per heavy atom. The molecule has 7 nitrogen and oxygen atoms in total. The summed E-state index contributed by atoms with van der Waals surface area (Å²) in [5.41, 5.74) is 0. The largest absolute Gasteiger partial charge is 0.302 e. The first-order valence-electron chi connectivity index (χ1n) is 3.92. The molecule has 14 heavy (non-hydrogen) atoms. The van der Waals surface area contributed by atoms with Crippen molar-refractivity contribution >= 4 is 11.7 Å². The van der Waals surface area contributed by atoms with E-state index in [9.17, 15) is 4.79 Å². The molecular weight excluding hydrogens is 184 g/mol. The molecule has 0 atom stereocenters. The Bertz CT molecular complexity index is 431. The van der Waals surface area contributed by atoms with Gasteiger partial charge in [0.2, 0.25) is 5.82 Å². The summed E-state index contributed by atoms with van der Waals surface area (Å²) >= 11 is 0. The van der Waals surface area contributed by atoms with E-state index in [0.29, 0.717) is 5.82 Å². The molecule has 0 unspecified atom stereocenters. The van der Waals surface area contributed by atoms with Crippen molar-refractivity contribution in [2.75, 3.05) is 5.32 Å². The van der Waals surface area contributed by atoms with Crippen molar-refractivity contribution in [3.8, 4) is 0 Å². The van der Waals surface area contributed by atoms with E-state index < -0.39 is 0 Å². The zero-order valence-corrected chi connectivity index (χ0v) is 7.43. The second-order valence-corrected chi connectivity index (χ2v) is 2.66. The number of hydrogen-bond donors (Lipinski definition) is 2. The molecule has 0 aliphatic heterocycles. The van der Waals surface area contributed by atoms with Crippen LogP contribution in [0.25, 0.3) is 0 Å². The summed E-state index contributed by atoms with van der Waals surface area (Å²) in [7, 11) is 1.77. The zero-order chi connectivity index (χ0) is 9.97. The molecule has 2 rings (SSSR count). The number of hydrogen-bond acceptors (Lipinski definition) is 4. The first kappa shape index (κ1) is 8.42. The smallest absolute Gasteiger partial charge is 0.294 e. The van der Waals surface area contributed by atoms with Gasteiger partial charge in [0.15, 0.2) is 5.82 Å². The molecule has 7 heteroatoms. The van der Waals surface area contributed by atoms with Crippen LogP contribution in [0.3, 0.4) is 0 Å². The standard InChI is InChI=1S/C7H8N6O/c1-13-3-2-5(12-13)10-7(14)6-8-4-9-11-6/h2-4H,1H3,(H,8,9,11)(H,10,12,14). The molecule has 2 aromatic rings. The molecule has 0 radical (unpaired) electrons. The molecule has 0 fully saturated rings. The average Bonchev–Trinajstić information content (AvgIpc) is 2.75. The minimum Gasteiger partial charge on any atom is -0.302 e. The number of aromatic amines is 1. The zero-order valence-electron chi connectivity index (χ0n) is 7.43. The van der Waals surface area contributed by atoms with Gasteiger partial charge in [0.1, 0.15) is 6.33 Å². The Hall–Kier alpha value is -2.18. The van der Waals surface area contributed by atoms with E-state index in [2.05, 4.69) is 25.6 Å². The number of aryl methyl sites for hydroxylation is 1. The number of aromatic nitrogens is 5. The predicted molar refractivity (Wildman–Crippen MR) is 47.5 cm³/mol. The third kappa shape index (κ3) is 1.60. The molecule has 0 aromatic carbocycles. The Morgan fingerprint density at radius 2 is 2.50 bits per heavy atom. The lowest BCUT2D eigenvalue weighted by atomic mass is 10.5. The van der Waals surface area contributed by atoms with Crippen molar-refractivity contribution < 1.29 is 4.79 Å². The molecule has 0 saturated carbocycles. The van der Waals surface area contributed by atoms with Gasteiger partial charge in [0.25, 0.3) is 5.91 Å². The van der Waals surface area contributed by atoms with Gasteiger partial charge < -0.3 is 5.32 Å². The minimum absolute atomic E-state index is 0.163. The van der Waals surface area contributed by atoms with Crippen LogP contribution in [-0.4, -0.2) is 30.9 Å². The normalized spacial score (nSPS) is 10.1. The molecule has 2 aromatic heterocycles. The molecule has 2 N–H and O–H groups in total. The van der Waals surface area contributed by atoms with Crippen molar-refractivity contribution in [2.24, 2.45) is 7.05 Å². The first-order valence-corrected chi connectivity index (χ1v) is 3.92. The molecular formula is C7H8N6O. The van der Waals surface area contributed by atoms with Gasteiger partial charge in [-0.05, 0) is 0 Å². The van der Waals surface area contributed by atoms with Crippen LogP contribution in [0.2, 0.25) is 0 Å². The number of rotatable bonds is 2. The lowest BCUT2D eigenvalue weighted by Crippen LogP contribution is -2.14. The summed E-state index contributed by atoms with van der Waals surface area (Å²) in [4.78, 5) is 15.1. The van der Waals surface area contributed by atoms with Gasteiger partial charge in [-0.1, -0.05) is 0 Å². The van der Waals surface area contributed by atoms with E-state index in [0.717, 1.165) is 0 Å². The summed E-state index contributed by atoms with van der Waals surface area (Å²) in [5, 5.41) is 12.6. The summed E-state index contributed by atoms with van der Waals surface area (Å²) in [6.07, 6.45) is 3.00. The van der Waals surface area contributed by atoms with Crippen LogP contribution in [0.15, 0.2) is 18.6 Å². The van der Waals surface area contributed by atoms with Crippen molar-refractivity contribution in [3.63, 3.8) is 0 Å². The molecule has 0 spiro atoms. The highest BCUT2D eigenvalue weighted by Gasteiger charge is 2.09. The Labute approximate surface area is 79.2 Å². The van der Waals surface area contributed by atoms with Gasteiger partial charge in [-0.2, -0.15) is 10.2 Å². The van der Waals surface area contributed by atoms with Gasteiger partial charge in [0.05, 0.1) is 0 Å². The van der Waals surface area contributed by atoms with Crippen molar-refractivity contribution in [2.45, 2.75) is 0 Å². The van der Waals surface area contributed by atoms with Gasteiger partial charge >= 0.3 is 0 Å². The van der Waals surface area contributed by atoms with Crippen LogP contribution in [0.5, 0.6) is 0 Å². The highest BCUT2D eigenvalue weighted by atomic mass is 16.2. The lowest BCUT2D eigenvalue weighted by Gasteiger charge is -1.96. The summed E-state index contributed by atoms with van der Waals surface area (Å²) in [6.45, 7) is 0. The summed E-state index contributed by atoms with van der Waals surface area (Å²) in [6, 6.07) is 1.69. The number of amides is 1. The maximum Gasteiger partial charge on any atom is 0.294 e. The van der Waals surface area contributed by atoms with Crippen LogP contribution in [0.4, 0.5) is 5.82 Å². The highest BCUT2D eigenvalue weighted by molar-refractivity contribution is 6.00. The van der Waals surface area contributed by atoms with Crippen molar-refractivity contribution in [1.82, 2.24) is 25.0 Å². The lowest BCUT2D eigenvalue weighted by molar-refractivity contribution is 0.101. The number of anilines is 1. The number of H-pyrrole nitrogens is 1. The fraction of sp³-hybridized carbons (Fsp3) is 0.143. The Morgan fingerprint density at radius 1 is 1.64 bits per heavy atom. The van der Waals surface area contributed by atoms with E-state index in [4.69, 9.17) is 0 Å². The third-order valence-corrected chi connectivity index (χ3v) is 1.59. The quantitative estimate of drug-likeness (QED) is 0.689. The van der Waals surface area contributed by atoms with Crippen LogP contribution in [-0.2, 0) is 7.05 Å². The maximum absolute atomic E-state index is 11.4. The molecule has 0 saturated heterocycles. The molecule has 1 amide bonds. The molecule has 0 aliphatic carbocycles. The van der Waals surface area contributed by atoms with E-state index in [1.54, 1.807) is 24.0 Å². The van der Waals surface area contributed by atoms with Gasteiger partial charge in [0, 0.05) is 19.3 Å². The minimum atomic E-state index is -0.360. The maximum atomic E-state index is 11.4. The summed E-state index contributed by atoms with van der Waals surface area (Å²) < 4.78 is 1.59. The van der Waals surface area contributed by atoms with Crippen molar-refractivity contribution in [3.05, 3.63) is 24.4 Å².